The molecule has 0 spiro atoms. The van der Waals surface area contributed by atoms with Crippen LogP contribution in [0.1, 0.15) is 15.9 Å². The van der Waals surface area contributed by atoms with Gasteiger partial charge in [0.1, 0.15) is 17.9 Å². The number of cyclic esters (lactones) is 1. The van der Waals surface area contributed by atoms with E-state index in [1.807, 2.05) is 6.92 Å². The van der Waals surface area contributed by atoms with Crippen LogP contribution in [0.15, 0.2) is 35.5 Å². The maximum Gasteiger partial charge on any atom is 0.356 e. The summed E-state index contributed by atoms with van der Waals surface area (Å²) in [5, 5.41) is 0. The first-order chi connectivity index (χ1) is 10.0. The number of amides is 1. The molecule has 2 aliphatic rings. The van der Waals surface area contributed by atoms with Crippen LogP contribution in [0.5, 0.6) is 0 Å². The Morgan fingerprint density at radius 3 is 2.48 bits per heavy atom. The molecular formula is C15H11NO5. The van der Waals surface area contributed by atoms with Gasteiger partial charge in [0.15, 0.2) is 5.78 Å². The minimum Gasteiger partial charge on any atom is -0.459 e. The minimum atomic E-state index is -0.950. The van der Waals surface area contributed by atoms with E-state index in [9.17, 15) is 19.2 Å². The Bertz CT molecular complexity index is 714. The van der Waals surface area contributed by atoms with Crippen molar-refractivity contribution in [3.05, 3.63) is 46.7 Å². The van der Waals surface area contributed by atoms with Crippen LogP contribution in [-0.4, -0.2) is 41.5 Å². The van der Waals surface area contributed by atoms with Crippen molar-refractivity contribution in [2.75, 3.05) is 13.2 Å². The van der Waals surface area contributed by atoms with Crippen molar-refractivity contribution in [2.45, 2.75) is 6.92 Å². The molecule has 6 heteroatoms. The van der Waals surface area contributed by atoms with Gasteiger partial charge in [-0.05, 0) is 6.92 Å². The Kier molecular flexibility index (Phi) is 2.94. The summed E-state index contributed by atoms with van der Waals surface area (Å²) < 4.78 is 4.83. The number of hydrogen-bond donors (Lipinski definition) is 0. The summed E-state index contributed by atoms with van der Waals surface area (Å²) in [4.78, 5) is 49.1. The molecule has 1 saturated heterocycles. The number of rotatable bonds is 2. The van der Waals surface area contributed by atoms with Crippen LogP contribution < -0.4 is 0 Å². The first-order valence-corrected chi connectivity index (χ1v) is 6.39. The van der Waals surface area contributed by atoms with E-state index < -0.39 is 29.0 Å². The molecule has 1 aromatic carbocycles. The summed E-state index contributed by atoms with van der Waals surface area (Å²) in [6.07, 6.45) is 0. The molecular weight excluding hydrogens is 274 g/mol. The molecule has 106 valence electrons. The standard InChI is InChI=1S/C15H11NO5/c1-8-2-4-9(5-3-8)12(17)10-11-15(20)21-7-6-16(11)14(19)13(10)18/h2-5H,6-7H2,1H3. The SMILES string of the molecule is Cc1ccc(C(=O)C2=C3C(=O)OCCN3C(=O)C2=O)cc1. The topological polar surface area (TPSA) is 80.8 Å². The predicted octanol–water partition coefficient (Wildman–Crippen LogP) is 0.400. The Labute approximate surface area is 120 Å². The first-order valence-electron chi connectivity index (χ1n) is 6.39. The van der Waals surface area contributed by atoms with Crippen LogP contribution in [0.2, 0.25) is 0 Å². The van der Waals surface area contributed by atoms with E-state index in [1.165, 1.54) is 0 Å². The van der Waals surface area contributed by atoms with Crippen molar-refractivity contribution < 1.29 is 23.9 Å². The van der Waals surface area contributed by atoms with Gasteiger partial charge in [-0.2, -0.15) is 0 Å². The van der Waals surface area contributed by atoms with Gasteiger partial charge in [-0.25, -0.2) is 4.79 Å². The third-order valence-electron chi connectivity index (χ3n) is 3.46. The second kappa shape index (κ2) is 4.66. The van der Waals surface area contributed by atoms with Gasteiger partial charge in [-0.3, -0.25) is 19.3 Å². The summed E-state index contributed by atoms with van der Waals surface area (Å²) in [5.74, 6) is -3.24. The van der Waals surface area contributed by atoms with E-state index in [0.29, 0.717) is 0 Å². The molecule has 0 bridgehead atoms. The minimum absolute atomic E-state index is 0.0212. The maximum atomic E-state index is 12.4. The van der Waals surface area contributed by atoms with Crippen LogP contribution in [-0.2, 0) is 19.1 Å². The third-order valence-corrected chi connectivity index (χ3v) is 3.46. The average molecular weight is 285 g/mol. The molecule has 0 saturated carbocycles. The number of carbonyl (C=O) groups is 4. The Morgan fingerprint density at radius 2 is 1.81 bits per heavy atom. The molecule has 2 aliphatic heterocycles. The van der Waals surface area contributed by atoms with Crippen LogP contribution in [0.25, 0.3) is 0 Å². The molecule has 0 atom stereocenters. The number of hydrogen-bond acceptors (Lipinski definition) is 5. The Balaban J connectivity index is 2.10. The number of ether oxygens (including phenoxy) is 1. The smallest absolute Gasteiger partial charge is 0.356 e. The van der Waals surface area contributed by atoms with Crippen molar-refractivity contribution >= 4 is 23.4 Å². The molecule has 1 amide bonds. The second-order valence-electron chi connectivity index (χ2n) is 4.84. The van der Waals surface area contributed by atoms with Gasteiger partial charge < -0.3 is 4.74 Å². The number of ketones is 2. The second-order valence-corrected chi connectivity index (χ2v) is 4.84. The zero-order chi connectivity index (χ0) is 15.1. The Hall–Kier alpha value is -2.76. The highest BCUT2D eigenvalue weighted by Crippen LogP contribution is 2.27. The van der Waals surface area contributed by atoms with Crippen molar-refractivity contribution in [1.29, 1.82) is 0 Å². The van der Waals surface area contributed by atoms with Gasteiger partial charge in [0.05, 0.1) is 6.54 Å². The molecule has 3 rings (SSSR count). The summed E-state index contributed by atoms with van der Waals surface area (Å²) in [5.41, 5.74) is 0.580. The molecule has 21 heavy (non-hydrogen) atoms. The number of morpholine rings is 1. The average Bonchev–Trinajstić information content (AvgIpc) is 2.73. The molecule has 0 radical (unpaired) electrons. The van der Waals surface area contributed by atoms with Crippen LogP contribution >= 0.6 is 0 Å². The fourth-order valence-electron chi connectivity index (χ4n) is 2.36. The first kappa shape index (κ1) is 13.2. The van der Waals surface area contributed by atoms with Gasteiger partial charge in [0, 0.05) is 5.56 Å². The van der Waals surface area contributed by atoms with Crippen molar-refractivity contribution in [3.8, 4) is 0 Å². The van der Waals surface area contributed by atoms with Crippen LogP contribution in [0.3, 0.4) is 0 Å². The third kappa shape index (κ3) is 1.96. The van der Waals surface area contributed by atoms with Crippen molar-refractivity contribution in [3.63, 3.8) is 0 Å². The normalized spacial score (nSPS) is 18.0. The Morgan fingerprint density at radius 1 is 1.14 bits per heavy atom. The van der Waals surface area contributed by atoms with Gasteiger partial charge in [-0.15, -0.1) is 0 Å². The van der Waals surface area contributed by atoms with Gasteiger partial charge in [-0.1, -0.05) is 29.8 Å². The summed E-state index contributed by atoms with van der Waals surface area (Å²) in [6, 6.07) is 6.55. The predicted molar refractivity (Wildman–Crippen MR) is 70.2 cm³/mol. The van der Waals surface area contributed by atoms with E-state index in [1.54, 1.807) is 24.3 Å². The summed E-state index contributed by atoms with van der Waals surface area (Å²) in [7, 11) is 0. The number of esters is 1. The lowest BCUT2D eigenvalue weighted by atomic mass is 9.99. The number of aryl methyl sites for hydroxylation is 1. The maximum absolute atomic E-state index is 12.4. The summed E-state index contributed by atoms with van der Waals surface area (Å²) >= 11 is 0. The van der Waals surface area contributed by atoms with Crippen molar-refractivity contribution in [2.24, 2.45) is 0 Å². The van der Waals surface area contributed by atoms with E-state index in [0.717, 1.165) is 10.5 Å². The largest absolute Gasteiger partial charge is 0.459 e. The van der Waals surface area contributed by atoms with Gasteiger partial charge in [0.2, 0.25) is 0 Å². The number of benzene rings is 1. The van der Waals surface area contributed by atoms with Gasteiger partial charge >= 0.3 is 5.97 Å². The molecule has 0 aromatic heterocycles. The molecule has 1 aromatic rings. The highest BCUT2D eigenvalue weighted by molar-refractivity contribution is 6.54. The molecule has 0 aliphatic carbocycles. The van der Waals surface area contributed by atoms with E-state index >= 15 is 0 Å². The molecule has 0 N–H and O–H groups in total. The molecule has 2 heterocycles. The number of nitrogens with zero attached hydrogens (tertiary/aromatic N) is 1. The molecule has 0 unspecified atom stereocenters. The van der Waals surface area contributed by atoms with E-state index in [2.05, 4.69) is 0 Å². The fourth-order valence-corrected chi connectivity index (χ4v) is 2.36. The number of carbonyl (C=O) groups excluding carboxylic acids is 4. The molecule has 6 nitrogen and oxygen atoms in total. The van der Waals surface area contributed by atoms with Crippen molar-refractivity contribution in [1.82, 2.24) is 4.90 Å². The highest BCUT2D eigenvalue weighted by atomic mass is 16.5. The monoisotopic (exact) mass is 285 g/mol. The zero-order valence-electron chi connectivity index (χ0n) is 11.2. The van der Waals surface area contributed by atoms with Gasteiger partial charge in [0.25, 0.3) is 11.7 Å². The fraction of sp³-hybridized carbons (Fsp3) is 0.200. The van der Waals surface area contributed by atoms with E-state index in [4.69, 9.17) is 4.74 Å². The number of fused-ring (bicyclic) bond motifs is 1. The lowest BCUT2D eigenvalue weighted by molar-refractivity contribution is -0.150. The lowest BCUT2D eigenvalue weighted by Crippen LogP contribution is -2.39. The highest BCUT2D eigenvalue weighted by Gasteiger charge is 2.47. The van der Waals surface area contributed by atoms with Crippen LogP contribution in [0.4, 0.5) is 0 Å². The summed E-state index contributed by atoms with van der Waals surface area (Å²) in [6.45, 7) is 1.98. The molecule has 1 fully saturated rings. The van der Waals surface area contributed by atoms with E-state index in [-0.39, 0.29) is 24.4 Å². The van der Waals surface area contributed by atoms with Crippen LogP contribution in [0, 0.1) is 6.92 Å². The lowest BCUT2D eigenvalue weighted by Gasteiger charge is -2.23. The number of Topliss-reactive ketones (excluding diaryl/α,β-unsaturated/α-hetero) is 2. The quantitative estimate of drug-likeness (QED) is 0.340. The zero-order valence-corrected chi connectivity index (χ0v) is 11.2.